The third-order valence-electron chi connectivity index (χ3n) is 4.84. The second-order valence-corrected chi connectivity index (χ2v) is 6.77. The Kier molecular flexibility index (Phi) is 3.85. The third-order valence-corrected chi connectivity index (χ3v) is 4.84. The summed E-state index contributed by atoms with van der Waals surface area (Å²) < 4.78 is 2.65. The van der Waals surface area contributed by atoms with Crippen molar-refractivity contribution in [1.82, 2.24) is 14.1 Å². The van der Waals surface area contributed by atoms with Gasteiger partial charge < -0.3 is 0 Å². The predicted octanol–water partition coefficient (Wildman–Crippen LogP) is 2.71. The molecule has 0 saturated carbocycles. The Labute approximate surface area is 158 Å². The fourth-order valence-electron chi connectivity index (χ4n) is 3.33. The predicted molar refractivity (Wildman–Crippen MR) is 105 cm³/mol. The fourth-order valence-corrected chi connectivity index (χ4v) is 3.33. The number of aryl methyl sites for hydroxylation is 2. The second-order valence-electron chi connectivity index (χ2n) is 6.77. The van der Waals surface area contributed by atoms with Crippen LogP contribution in [0.5, 0.6) is 0 Å². The molecule has 0 bridgehead atoms. The van der Waals surface area contributed by atoms with Crippen LogP contribution in [0.25, 0.3) is 28.0 Å². The summed E-state index contributed by atoms with van der Waals surface area (Å²) in [5, 5.41) is 11.7. The van der Waals surface area contributed by atoms with Crippen LogP contribution in [0.2, 0.25) is 0 Å². The average molecular weight is 376 g/mol. The number of nitro groups is 1. The van der Waals surface area contributed by atoms with Crippen molar-refractivity contribution in [3.8, 4) is 17.1 Å². The molecule has 28 heavy (non-hydrogen) atoms. The first-order valence-electron chi connectivity index (χ1n) is 8.56. The van der Waals surface area contributed by atoms with Gasteiger partial charge in [0.2, 0.25) is 0 Å². The Balaban J connectivity index is 2.27. The summed E-state index contributed by atoms with van der Waals surface area (Å²) in [7, 11) is 1.36. The molecule has 0 fully saturated rings. The van der Waals surface area contributed by atoms with E-state index in [0.29, 0.717) is 10.9 Å². The highest BCUT2D eigenvalue weighted by molar-refractivity contribution is 5.89. The van der Waals surface area contributed by atoms with Gasteiger partial charge in [-0.2, -0.15) is 4.98 Å². The Morgan fingerprint density at radius 1 is 1.04 bits per heavy atom. The molecule has 8 heteroatoms. The van der Waals surface area contributed by atoms with Gasteiger partial charge in [0.25, 0.3) is 11.2 Å². The largest absolute Gasteiger partial charge is 0.352 e. The van der Waals surface area contributed by atoms with Crippen molar-refractivity contribution in [3.05, 3.63) is 84.5 Å². The highest BCUT2D eigenvalue weighted by Gasteiger charge is 2.21. The van der Waals surface area contributed by atoms with Crippen molar-refractivity contribution in [2.24, 2.45) is 7.05 Å². The van der Waals surface area contributed by atoms with Gasteiger partial charge in [0, 0.05) is 24.6 Å². The summed E-state index contributed by atoms with van der Waals surface area (Å²) in [5.74, 6) is 0.225. The molecule has 8 nitrogen and oxygen atoms in total. The standard InChI is InChI=1S/C20H16N4O4/c1-11-4-5-12(2)17(8-11)23-16-7-6-14(24(27)28)9-13(16)10-15-18(23)21-20(26)22(3)19(15)25/h4-10H,1-3H3. The number of pyridine rings is 1. The molecule has 2 heterocycles. The zero-order chi connectivity index (χ0) is 20.2. The van der Waals surface area contributed by atoms with Crippen molar-refractivity contribution in [3.63, 3.8) is 0 Å². The number of rotatable bonds is 2. The molecule has 0 spiro atoms. The minimum atomic E-state index is -0.655. The lowest BCUT2D eigenvalue weighted by molar-refractivity contribution is -0.384. The minimum Gasteiger partial charge on any atom is -0.293 e. The van der Waals surface area contributed by atoms with E-state index in [1.54, 1.807) is 16.7 Å². The SMILES string of the molecule is Cc1ccc(C)c(-n2c3nc(=O)n(C)c(=O)c-3cc3cc([N+](=O)[O-])ccc32)c1. The van der Waals surface area contributed by atoms with E-state index >= 15 is 0 Å². The van der Waals surface area contributed by atoms with Crippen LogP contribution in [0.1, 0.15) is 11.1 Å². The maximum atomic E-state index is 12.7. The Morgan fingerprint density at radius 3 is 2.50 bits per heavy atom. The van der Waals surface area contributed by atoms with Gasteiger partial charge in [-0.15, -0.1) is 0 Å². The molecule has 0 N–H and O–H groups in total. The van der Waals surface area contributed by atoms with Crippen LogP contribution in [-0.4, -0.2) is 19.0 Å². The summed E-state index contributed by atoms with van der Waals surface area (Å²) in [5.41, 5.74) is 2.27. The smallest absolute Gasteiger partial charge is 0.293 e. The first-order valence-corrected chi connectivity index (χ1v) is 8.56. The third kappa shape index (κ3) is 2.58. The number of hydrogen-bond acceptors (Lipinski definition) is 5. The minimum absolute atomic E-state index is 0.0791. The highest BCUT2D eigenvalue weighted by atomic mass is 16.6. The van der Waals surface area contributed by atoms with E-state index in [9.17, 15) is 19.7 Å². The maximum Gasteiger partial charge on any atom is 0.352 e. The van der Waals surface area contributed by atoms with Gasteiger partial charge in [-0.3, -0.25) is 24.0 Å². The van der Waals surface area contributed by atoms with E-state index in [4.69, 9.17) is 0 Å². The highest BCUT2D eigenvalue weighted by Crippen LogP contribution is 2.31. The lowest BCUT2D eigenvalue weighted by atomic mass is 10.1. The monoisotopic (exact) mass is 376 g/mol. The van der Waals surface area contributed by atoms with Crippen LogP contribution in [0.3, 0.4) is 0 Å². The number of aromatic nitrogens is 3. The van der Waals surface area contributed by atoms with Crippen molar-refractivity contribution in [1.29, 1.82) is 0 Å². The molecule has 0 saturated heterocycles. The molecule has 2 aliphatic rings. The number of non-ortho nitro benzene ring substituents is 1. The second kappa shape index (κ2) is 6.12. The van der Waals surface area contributed by atoms with Gasteiger partial charge in [0.15, 0.2) is 5.82 Å². The number of fused-ring (bicyclic) bond motifs is 2. The van der Waals surface area contributed by atoms with E-state index in [1.807, 2.05) is 32.0 Å². The van der Waals surface area contributed by atoms with E-state index in [2.05, 4.69) is 4.98 Å². The Bertz CT molecular complexity index is 1370. The van der Waals surface area contributed by atoms with Crippen LogP contribution < -0.4 is 11.2 Å². The summed E-state index contributed by atoms with van der Waals surface area (Å²) >= 11 is 0. The van der Waals surface area contributed by atoms with Crippen LogP contribution in [0.15, 0.2) is 52.1 Å². The summed E-state index contributed by atoms with van der Waals surface area (Å²) in [6, 6.07) is 11.8. The van der Waals surface area contributed by atoms with Gasteiger partial charge in [0.05, 0.1) is 21.7 Å². The number of benzene rings is 2. The van der Waals surface area contributed by atoms with E-state index in [0.717, 1.165) is 21.4 Å². The Morgan fingerprint density at radius 2 is 1.79 bits per heavy atom. The average Bonchev–Trinajstić information content (AvgIpc) is 2.66. The zero-order valence-electron chi connectivity index (χ0n) is 15.5. The zero-order valence-corrected chi connectivity index (χ0v) is 15.5. The first kappa shape index (κ1) is 17.6. The molecule has 0 aromatic heterocycles. The van der Waals surface area contributed by atoms with Crippen LogP contribution in [0.4, 0.5) is 5.69 Å². The molecule has 0 unspecified atom stereocenters. The number of nitro benzene ring substituents is 1. The van der Waals surface area contributed by atoms with Gasteiger partial charge in [0.1, 0.15) is 0 Å². The van der Waals surface area contributed by atoms with Crippen LogP contribution >= 0.6 is 0 Å². The van der Waals surface area contributed by atoms with E-state index < -0.39 is 16.2 Å². The lowest BCUT2D eigenvalue weighted by Crippen LogP contribution is -2.35. The van der Waals surface area contributed by atoms with E-state index in [-0.39, 0.29) is 17.1 Å². The Hall–Kier alpha value is -3.81. The molecular weight excluding hydrogens is 360 g/mol. The van der Waals surface area contributed by atoms with Crippen molar-refractivity contribution < 1.29 is 4.92 Å². The molecular formula is C20H16N4O4. The van der Waals surface area contributed by atoms with Crippen LogP contribution in [0, 0.1) is 24.0 Å². The summed E-state index contributed by atoms with van der Waals surface area (Å²) in [6.45, 7) is 3.85. The fraction of sp³-hybridized carbons (Fsp3) is 0.150. The summed E-state index contributed by atoms with van der Waals surface area (Å²) in [6.07, 6.45) is 0. The molecule has 2 aliphatic heterocycles. The molecule has 0 amide bonds. The molecule has 2 aromatic rings. The van der Waals surface area contributed by atoms with Gasteiger partial charge in [-0.05, 0) is 43.2 Å². The van der Waals surface area contributed by atoms with Crippen molar-refractivity contribution >= 4 is 16.6 Å². The van der Waals surface area contributed by atoms with Crippen molar-refractivity contribution in [2.45, 2.75) is 13.8 Å². The maximum absolute atomic E-state index is 12.7. The quantitative estimate of drug-likeness (QED) is 0.304. The summed E-state index contributed by atoms with van der Waals surface area (Å²) in [4.78, 5) is 39.8. The molecule has 140 valence electrons. The van der Waals surface area contributed by atoms with Crippen LogP contribution in [-0.2, 0) is 7.05 Å². The van der Waals surface area contributed by atoms with Crippen molar-refractivity contribution in [2.75, 3.05) is 0 Å². The first-order chi connectivity index (χ1) is 13.3. The van der Waals surface area contributed by atoms with Gasteiger partial charge in [-0.25, -0.2) is 4.79 Å². The lowest BCUT2D eigenvalue weighted by Gasteiger charge is -2.20. The topological polar surface area (TPSA) is 100 Å². The molecule has 0 radical (unpaired) electrons. The number of nitrogens with zero attached hydrogens (tertiary/aromatic N) is 4. The normalized spacial score (nSPS) is 11.2. The number of hydrogen-bond donors (Lipinski definition) is 0. The molecule has 2 aromatic carbocycles. The molecule has 0 atom stereocenters. The molecule has 0 aliphatic carbocycles. The molecule has 4 rings (SSSR count). The van der Waals surface area contributed by atoms with Gasteiger partial charge in [-0.1, -0.05) is 12.1 Å². The van der Waals surface area contributed by atoms with Gasteiger partial charge >= 0.3 is 5.69 Å². The van der Waals surface area contributed by atoms with E-state index in [1.165, 1.54) is 19.2 Å².